The summed E-state index contributed by atoms with van der Waals surface area (Å²) in [5, 5.41) is 12.5. The van der Waals surface area contributed by atoms with Gasteiger partial charge in [-0.25, -0.2) is 4.85 Å². The highest BCUT2D eigenvalue weighted by atomic mass is 16.3. The molecule has 110 valence electrons. The molecule has 0 heterocycles. The number of nitrogens with zero attached hydrogens (tertiary/aromatic N) is 2. The lowest BCUT2D eigenvalue weighted by atomic mass is 9.96. The first-order valence-electron chi connectivity index (χ1n) is 6.41. The first-order valence-corrected chi connectivity index (χ1v) is 6.41. The largest absolute Gasteiger partial charge is 0.507 e. The van der Waals surface area contributed by atoms with E-state index in [0.29, 0.717) is 11.1 Å². The van der Waals surface area contributed by atoms with E-state index < -0.39 is 5.91 Å². The van der Waals surface area contributed by atoms with E-state index in [1.165, 1.54) is 19.2 Å². The maximum Gasteiger partial charge on any atom is 0.261 e. The Hall–Kier alpha value is -3.33. The van der Waals surface area contributed by atoms with Crippen LogP contribution >= 0.6 is 0 Å². The molecule has 6 nitrogen and oxygen atoms in total. The first kappa shape index (κ1) is 15.1. The van der Waals surface area contributed by atoms with Gasteiger partial charge >= 0.3 is 0 Å². The molecule has 2 rings (SSSR count). The van der Waals surface area contributed by atoms with Crippen LogP contribution in [0.3, 0.4) is 0 Å². The minimum Gasteiger partial charge on any atom is -0.507 e. The smallest absolute Gasteiger partial charge is 0.261 e. The molecule has 0 saturated carbocycles. The lowest BCUT2D eigenvalue weighted by Crippen LogP contribution is -2.36. The van der Waals surface area contributed by atoms with Crippen molar-refractivity contribution in [2.45, 2.75) is 0 Å². The molecule has 0 aliphatic heterocycles. The predicted molar refractivity (Wildman–Crippen MR) is 84.8 cm³/mol. The lowest BCUT2D eigenvalue weighted by Gasteiger charge is -2.13. The van der Waals surface area contributed by atoms with Gasteiger partial charge in [-0.1, -0.05) is 36.4 Å². The van der Waals surface area contributed by atoms with Crippen molar-refractivity contribution < 1.29 is 9.90 Å². The van der Waals surface area contributed by atoms with Gasteiger partial charge in [0.1, 0.15) is 5.75 Å². The molecular weight excluding hydrogens is 280 g/mol. The zero-order chi connectivity index (χ0) is 16.1. The maximum absolute atomic E-state index is 12.4. The van der Waals surface area contributed by atoms with Gasteiger partial charge in [0.15, 0.2) is 11.6 Å². The van der Waals surface area contributed by atoms with Gasteiger partial charge < -0.3 is 10.8 Å². The molecule has 0 saturated heterocycles. The standard InChI is InChI=1S/C16H14N4O2/c1-18-11-8-9-12(21)14(15(22)20-16(17)19-2)13(11)10-6-4-3-5-7-10/h3-9,21H,2H3,(H3,17,19,20,22). The van der Waals surface area contributed by atoms with Crippen molar-refractivity contribution in [2.24, 2.45) is 10.7 Å². The monoisotopic (exact) mass is 294 g/mol. The summed E-state index contributed by atoms with van der Waals surface area (Å²) in [4.78, 5) is 19.4. The fourth-order valence-electron chi connectivity index (χ4n) is 2.04. The van der Waals surface area contributed by atoms with Gasteiger partial charge in [0.2, 0.25) is 0 Å². The van der Waals surface area contributed by atoms with Crippen molar-refractivity contribution in [3.05, 3.63) is 59.4 Å². The average Bonchev–Trinajstić information content (AvgIpc) is 2.54. The number of amides is 1. The van der Waals surface area contributed by atoms with E-state index in [1.807, 2.05) is 6.07 Å². The third kappa shape index (κ3) is 2.88. The molecule has 0 atom stereocenters. The van der Waals surface area contributed by atoms with E-state index in [4.69, 9.17) is 12.3 Å². The Balaban J connectivity index is 2.68. The minimum atomic E-state index is -0.620. The molecule has 0 bridgehead atoms. The number of guanidine groups is 1. The van der Waals surface area contributed by atoms with Gasteiger partial charge in [-0.2, -0.15) is 0 Å². The van der Waals surface area contributed by atoms with Crippen molar-refractivity contribution in [2.75, 3.05) is 7.05 Å². The van der Waals surface area contributed by atoms with Crippen LogP contribution < -0.4 is 11.1 Å². The van der Waals surface area contributed by atoms with Crippen molar-refractivity contribution in [1.82, 2.24) is 5.32 Å². The molecule has 0 aromatic heterocycles. The van der Waals surface area contributed by atoms with Gasteiger partial charge in [-0.3, -0.25) is 15.1 Å². The third-order valence-electron chi connectivity index (χ3n) is 3.05. The molecule has 0 fully saturated rings. The molecule has 1 amide bonds. The van der Waals surface area contributed by atoms with Gasteiger partial charge in [0.05, 0.1) is 12.1 Å². The van der Waals surface area contributed by atoms with Crippen LogP contribution in [-0.2, 0) is 0 Å². The number of carbonyl (C=O) groups is 1. The van der Waals surface area contributed by atoms with E-state index in [1.54, 1.807) is 24.3 Å². The summed E-state index contributed by atoms with van der Waals surface area (Å²) >= 11 is 0. The predicted octanol–water partition coefficient (Wildman–Crippen LogP) is 2.28. The summed E-state index contributed by atoms with van der Waals surface area (Å²) < 4.78 is 0. The maximum atomic E-state index is 12.4. The topological polar surface area (TPSA) is 92.1 Å². The van der Waals surface area contributed by atoms with Crippen LogP contribution in [0.5, 0.6) is 5.75 Å². The van der Waals surface area contributed by atoms with Crippen molar-refractivity contribution >= 4 is 17.6 Å². The summed E-state index contributed by atoms with van der Waals surface area (Å²) in [6.07, 6.45) is 0. The molecule has 4 N–H and O–H groups in total. The second-order valence-electron chi connectivity index (χ2n) is 4.39. The number of phenols is 1. The van der Waals surface area contributed by atoms with Crippen molar-refractivity contribution in [3.8, 4) is 16.9 Å². The van der Waals surface area contributed by atoms with Crippen LogP contribution in [-0.4, -0.2) is 24.0 Å². The molecular formula is C16H14N4O2. The molecule has 2 aromatic rings. The number of benzene rings is 2. The number of aliphatic imine (C=N–C) groups is 1. The Morgan fingerprint density at radius 1 is 1.27 bits per heavy atom. The van der Waals surface area contributed by atoms with E-state index in [0.717, 1.165) is 0 Å². The fourth-order valence-corrected chi connectivity index (χ4v) is 2.04. The minimum absolute atomic E-state index is 0.00806. The molecule has 2 aromatic carbocycles. The molecule has 0 radical (unpaired) electrons. The highest BCUT2D eigenvalue weighted by Gasteiger charge is 2.21. The zero-order valence-corrected chi connectivity index (χ0v) is 11.9. The van der Waals surface area contributed by atoms with Crippen LogP contribution in [0.2, 0.25) is 0 Å². The van der Waals surface area contributed by atoms with Gasteiger partial charge in [0.25, 0.3) is 5.91 Å². The van der Waals surface area contributed by atoms with Gasteiger partial charge in [-0.05, 0) is 11.6 Å². The number of nitrogens with two attached hydrogens (primary N) is 1. The molecule has 0 spiro atoms. The Kier molecular flexibility index (Phi) is 4.39. The zero-order valence-electron chi connectivity index (χ0n) is 11.9. The fraction of sp³-hybridized carbons (Fsp3) is 0.0625. The summed E-state index contributed by atoms with van der Waals surface area (Å²) in [5.74, 6) is -0.922. The molecule has 6 heteroatoms. The Morgan fingerprint density at radius 2 is 1.95 bits per heavy atom. The van der Waals surface area contributed by atoms with Crippen LogP contribution in [0.25, 0.3) is 16.0 Å². The number of hydrogen-bond acceptors (Lipinski definition) is 3. The second-order valence-corrected chi connectivity index (χ2v) is 4.39. The van der Waals surface area contributed by atoms with Crippen LogP contribution in [0.15, 0.2) is 47.5 Å². The van der Waals surface area contributed by atoms with E-state index in [-0.39, 0.29) is 23.0 Å². The number of aromatic hydroxyl groups is 1. The van der Waals surface area contributed by atoms with Gasteiger partial charge in [0, 0.05) is 12.6 Å². The van der Waals surface area contributed by atoms with Crippen LogP contribution in [0.1, 0.15) is 10.4 Å². The molecule has 22 heavy (non-hydrogen) atoms. The number of hydrogen-bond donors (Lipinski definition) is 3. The Labute approximate surface area is 127 Å². The Bertz CT molecular complexity index is 777. The number of nitrogens with one attached hydrogen (secondary N) is 1. The highest BCUT2D eigenvalue weighted by Crippen LogP contribution is 2.38. The summed E-state index contributed by atoms with van der Waals surface area (Å²) in [6, 6.07) is 11.7. The van der Waals surface area contributed by atoms with Crippen molar-refractivity contribution in [3.63, 3.8) is 0 Å². The third-order valence-corrected chi connectivity index (χ3v) is 3.05. The highest BCUT2D eigenvalue weighted by molar-refractivity contribution is 6.12. The lowest BCUT2D eigenvalue weighted by molar-refractivity contribution is 0.0974. The SMILES string of the molecule is [C-]#[N+]c1ccc(O)c(C(=O)NC(N)=NC)c1-c1ccccc1. The summed E-state index contributed by atoms with van der Waals surface area (Å²) in [5.41, 5.74) is 6.77. The van der Waals surface area contributed by atoms with Crippen molar-refractivity contribution in [1.29, 1.82) is 0 Å². The average molecular weight is 294 g/mol. The second kappa shape index (κ2) is 6.41. The number of carbonyl (C=O) groups excluding carboxylic acids is 1. The number of rotatable bonds is 2. The first-order chi connectivity index (χ1) is 10.6. The molecule has 0 aliphatic rings. The van der Waals surface area contributed by atoms with Gasteiger partial charge in [-0.15, -0.1) is 0 Å². The van der Waals surface area contributed by atoms with Crippen LogP contribution in [0, 0.1) is 6.57 Å². The normalized spacial score (nSPS) is 10.8. The van der Waals surface area contributed by atoms with E-state index in [9.17, 15) is 9.90 Å². The summed E-state index contributed by atoms with van der Waals surface area (Å²) in [6.45, 7) is 7.28. The quantitative estimate of drug-likeness (QED) is 0.451. The molecule has 0 aliphatic carbocycles. The van der Waals surface area contributed by atoms with Crippen LogP contribution in [0.4, 0.5) is 5.69 Å². The Morgan fingerprint density at radius 3 is 2.55 bits per heavy atom. The van der Waals surface area contributed by atoms with E-state index in [2.05, 4.69) is 15.2 Å². The molecule has 0 unspecified atom stereocenters. The summed E-state index contributed by atoms with van der Waals surface area (Å²) in [7, 11) is 1.43. The number of phenolic OH excluding ortho intramolecular Hbond substituents is 1. The van der Waals surface area contributed by atoms with E-state index >= 15 is 0 Å².